The molecule has 1 aliphatic heterocycles. The largest absolute Gasteiger partial charge is 0.492 e. The van der Waals surface area contributed by atoms with Crippen LogP contribution in [0.25, 0.3) is 6.08 Å². The van der Waals surface area contributed by atoms with Gasteiger partial charge in [0, 0.05) is 15.6 Å². The Bertz CT molecular complexity index is 1260. The van der Waals surface area contributed by atoms with Crippen LogP contribution in [0.15, 0.2) is 77.7 Å². The lowest BCUT2D eigenvalue weighted by Crippen LogP contribution is -2.32. The summed E-state index contributed by atoms with van der Waals surface area (Å²) in [7, 11) is 0. The number of ether oxygens (including phenoxy) is 2. The van der Waals surface area contributed by atoms with Gasteiger partial charge in [-0.05, 0) is 72.4 Å². The normalized spacial score (nSPS) is 14.5. The highest BCUT2D eigenvalue weighted by atomic mass is 35.5. The molecule has 1 saturated heterocycles. The Balaban J connectivity index is 1.44. The molecular formula is C25H17Cl2NO5S. The first kappa shape index (κ1) is 23.9. The first-order valence-corrected chi connectivity index (χ1v) is 11.7. The fraction of sp³-hybridized carbons (Fsp3) is 0.0800. The molecule has 3 aromatic rings. The van der Waals surface area contributed by atoms with E-state index < -0.39 is 17.1 Å². The van der Waals surface area contributed by atoms with Crippen LogP contribution >= 0.6 is 35.0 Å². The quantitative estimate of drug-likeness (QED) is 0.209. The van der Waals surface area contributed by atoms with E-state index in [2.05, 4.69) is 0 Å². The standard InChI is InChI=1S/C25H17Cl2NO5S/c26-18-7-5-16(6-8-18)24(30)33-21-4-2-1-3-17(21)15-22-23(29)28(25(31)34-22)13-14-32-20-11-9-19(27)10-12-20/h1-12,15H,13-14H2/b22-15-. The van der Waals surface area contributed by atoms with Gasteiger partial charge < -0.3 is 9.47 Å². The molecule has 3 aromatic carbocycles. The van der Waals surface area contributed by atoms with E-state index in [9.17, 15) is 14.4 Å². The third kappa shape index (κ3) is 5.80. The maximum Gasteiger partial charge on any atom is 0.343 e. The lowest BCUT2D eigenvalue weighted by atomic mass is 10.1. The summed E-state index contributed by atoms with van der Waals surface area (Å²) in [6.45, 7) is 0.236. The van der Waals surface area contributed by atoms with E-state index in [-0.39, 0.29) is 23.8 Å². The van der Waals surface area contributed by atoms with Gasteiger partial charge in [-0.2, -0.15) is 0 Å². The molecule has 0 aromatic heterocycles. The number of carbonyl (C=O) groups excluding carboxylic acids is 3. The van der Waals surface area contributed by atoms with Gasteiger partial charge in [-0.3, -0.25) is 14.5 Å². The van der Waals surface area contributed by atoms with E-state index in [1.807, 2.05) is 0 Å². The highest BCUT2D eigenvalue weighted by Crippen LogP contribution is 2.34. The average molecular weight is 514 g/mol. The summed E-state index contributed by atoms with van der Waals surface area (Å²) in [5.41, 5.74) is 0.827. The van der Waals surface area contributed by atoms with Gasteiger partial charge in [-0.15, -0.1) is 0 Å². The Morgan fingerprint density at radius 1 is 0.912 bits per heavy atom. The van der Waals surface area contributed by atoms with Crippen molar-refractivity contribution in [3.63, 3.8) is 0 Å². The van der Waals surface area contributed by atoms with Crippen LogP contribution in [0.2, 0.25) is 10.0 Å². The van der Waals surface area contributed by atoms with E-state index >= 15 is 0 Å². The summed E-state index contributed by atoms with van der Waals surface area (Å²) >= 11 is 12.5. The van der Waals surface area contributed by atoms with Crippen molar-refractivity contribution in [1.29, 1.82) is 0 Å². The zero-order valence-corrected chi connectivity index (χ0v) is 19.9. The zero-order valence-electron chi connectivity index (χ0n) is 17.6. The number of imide groups is 1. The van der Waals surface area contributed by atoms with Gasteiger partial charge in [0.05, 0.1) is 17.0 Å². The Hall–Kier alpha value is -3.26. The van der Waals surface area contributed by atoms with Crippen LogP contribution in [0.1, 0.15) is 15.9 Å². The number of hydrogen-bond acceptors (Lipinski definition) is 6. The van der Waals surface area contributed by atoms with Crippen LogP contribution in [-0.4, -0.2) is 35.2 Å². The molecule has 0 N–H and O–H groups in total. The predicted octanol–water partition coefficient (Wildman–Crippen LogP) is 6.33. The predicted molar refractivity (Wildman–Crippen MR) is 132 cm³/mol. The number of esters is 1. The summed E-state index contributed by atoms with van der Waals surface area (Å²) in [4.78, 5) is 39.1. The summed E-state index contributed by atoms with van der Waals surface area (Å²) in [5, 5.41) is 0.695. The average Bonchev–Trinajstić information content (AvgIpc) is 3.09. The van der Waals surface area contributed by atoms with Crippen molar-refractivity contribution in [3.8, 4) is 11.5 Å². The molecule has 1 heterocycles. The van der Waals surface area contributed by atoms with Crippen LogP contribution in [0.4, 0.5) is 4.79 Å². The van der Waals surface area contributed by atoms with Gasteiger partial charge in [-0.1, -0.05) is 41.4 Å². The van der Waals surface area contributed by atoms with Gasteiger partial charge in [0.2, 0.25) is 0 Å². The van der Waals surface area contributed by atoms with Crippen molar-refractivity contribution in [2.75, 3.05) is 13.2 Å². The second-order valence-electron chi connectivity index (χ2n) is 7.07. The van der Waals surface area contributed by atoms with Crippen LogP contribution in [0.3, 0.4) is 0 Å². The molecular weight excluding hydrogens is 497 g/mol. The number of thioether (sulfide) groups is 1. The van der Waals surface area contributed by atoms with E-state index in [1.165, 1.54) is 6.08 Å². The molecule has 0 bridgehead atoms. The van der Waals surface area contributed by atoms with Crippen LogP contribution < -0.4 is 9.47 Å². The van der Waals surface area contributed by atoms with Crippen LogP contribution in [-0.2, 0) is 4.79 Å². The maximum absolute atomic E-state index is 12.8. The summed E-state index contributed by atoms with van der Waals surface area (Å²) in [6.07, 6.45) is 1.54. The fourth-order valence-corrected chi connectivity index (χ4v) is 4.16. The van der Waals surface area contributed by atoms with E-state index in [4.69, 9.17) is 32.7 Å². The number of carbonyl (C=O) groups is 3. The third-order valence-electron chi connectivity index (χ3n) is 4.76. The molecule has 6 nitrogen and oxygen atoms in total. The molecule has 4 rings (SSSR count). The van der Waals surface area contributed by atoms with Gasteiger partial charge in [0.15, 0.2) is 0 Å². The van der Waals surface area contributed by atoms with Gasteiger partial charge >= 0.3 is 5.97 Å². The van der Waals surface area contributed by atoms with Crippen molar-refractivity contribution in [2.45, 2.75) is 0 Å². The maximum atomic E-state index is 12.8. The first-order valence-electron chi connectivity index (χ1n) is 10.1. The Morgan fingerprint density at radius 3 is 2.26 bits per heavy atom. The minimum atomic E-state index is -0.565. The molecule has 9 heteroatoms. The SMILES string of the molecule is O=C(Oc1ccccc1/C=C1\SC(=O)N(CCOc2ccc(Cl)cc2)C1=O)c1ccc(Cl)cc1. The van der Waals surface area contributed by atoms with Gasteiger partial charge in [0.25, 0.3) is 11.1 Å². The molecule has 34 heavy (non-hydrogen) atoms. The molecule has 0 radical (unpaired) electrons. The van der Waals surface area contributed by atoms with Crippen molar-refractivity contribution in [1.82, 2.24) is 4.90 Å². The second-order valence-corrected chi connectivity index (χ2v) is 8.94. The number of rotatable bonds is 7. The van der Waals surface area contributed by atoms with E-state index in [0.717, 1.165) is 16.7 Å². The molecule has 1 aliphatic rings. The Morgan fingerprint density at radius 2 is 1.56 bits per heavy atom. The van der Waals surface area contributed by atoms with Crippen LogP contribution in [0.5, 0.6) is 11.5 Å². The molecule has 0 unspecified atom stereocenters. The second kappa shape index (κ2) is 10.8. The number of para-hydroxylation sites is 1. The first-order chi connectivity index (χ1) is 16.4. The number of hydrogen-bond donors (Lipinski definition) is 0. The van der Waals surface area contributed by atoms with Gasteiger partial charge in [0.1, 0.15) is 18.1 Å². The molecule has 172 valence electrons. The molecule has 0 spiro atoms. The number of benzene rings is 3. The molecule has 1 fully saturated rings. The summed E-state index contributed by atoms with van der Waals surface area (Å²) < 4.78 is 11.1. The monoisotopic (exact) mass is 513 g/mol. The molecule has 2 amide bonds. The van der Waals surface area contributed by atoms with Crippen molar-refractivity contribution >= 4 is 58.2 Å². The van der Waals surface area contributed by atoms with Gasteiger partial charge in [-0.25, -0.2) is 4.79 Å². The highest BCUT2D eigenvalue weighted by molar-refractivity contribution is 8.18. The fourth-order valence-electron chi connectivity index (χ4n) is 3.06. The molecule has 0 atom stereocenters. The summed E-state index contributed by atoms with van der Waals surface area (Å²) in [5.74, 6) is -0.151. The lowest BCUT2D eigenvalue weighted by Gasteiger charge is -2.13. The van der Waals surface area contributed by atoms with Crippen molar-refractivity contribution < 1.29 is 23.9 Å². The lowest BCUT2D eigenvalue weighted by molar-refractivity contribution is -0.123. The highest BCUT2D eigenvalue weighted by Gasteiger charge is 2.35. The topological polar surface area (TPSA) is 72.9 Å². The number of nitrogens with zero attached hydrogens (tertiary/aromatic N) is 1. The Kier molecular flexibility index (Phi) is 7.57. The molecule has 0 aliphatic carbocycles. The smallest absolute Gasteiger partial charge is 0.343 e. The molecule has 0 saturated carbocycles. The Labute approximate surface area is 210 Å². The van der Waals surface area contributed by atoms with E-state index in [1.54, 1.807) is 72.8 Å². The van der Waals surface area contributed by atoms with Crippen molar-refractivity contribution in [2.24, 2.45) is 0 Å². The van der Waals surface area contributed by atoms with E-state index in [0.29, 0.717) is 26.9 Å². The van der Waals surface area contributed by atoms with Crippen LogP contribution in [0, 0.1) is 0 Å². The third-order valence-corrected chi connectivity index (χ3v) is 6.17. The zero-order chi connectivity index (χ0) is 24.1. The minimum absolute atomic E-state index is 0.0951. The van der Waals surface area contributed by atoms with Crippen molar-refractivity contribution in [3.05, 3.63) is 98.9 Å². The number of halogens is 2. The minimum Gasteiger partial charge on any atom is -0.492 e. The number of amides is 2. The summed E-state index contributed by atoms with van der Waals surface area (Å²) in [6, 6.07) is 19.9.